The molecule has 23 heavy (non-hydrogen) atoms. The molecule has 1 saturated heterocycles. The number of carbonyl (C=O) groups is 1. The summed E-state index contributed by atoms with van der Waals surface area (Å²) in [6.07, 6.45) is 5.50. The summed E-state index contributed by atoms with van der Waals surface area (Å²) in [6.45, 7) is 7.63. The minimum atomic E-state index is -0.0949. The Morgan fingerprint density at radius 2 is 2.04 bits per heavy atom. The highest BCUT2D eigenvalue weighted by molar-refractivity contribution is 14.0. The van der Waals surface area contributed by atoms with Gasteiger partial charge in [-0.1, -0.05) is 6.92 Å². The van der Waals surface area contributed by atoms with E-state index in [1.54, 1.807) is 0 Å². The number of ether oxygens (including phenoxy) is 1. The molecular weight excluding hydrogens is 405 g/mol. The van der Waals surface area contributed by atoms with Gasteiger partial charge in [0, 0.05) is 26.2 Å². The average Bonchev–Trinajstić information content (AvgIpc) is 3.40. The molecule has 3 rings (SSSR count). The SMILES string of the molecule is CCNC(=NCC1(C2CC2)CC1)N1CC(C)C(C(=O)OC)C1.I. The molecule has 2 atom stereocenters. The van der Waals surface area contributed by atoms with Gasteiger partial charge >= 0.3 is 5.97 Å². The van der Waals surface area contributed by atoms with Gasteiger partial charge in [0.1, 0.15) is 0 Å². The van der Waals surface area contributed by atoms with Crippen molar-refractivity contribution < 1.29 is 9.53 Å². The second-order valence-corrected chi connectivity index (χ2v) is 7.32. The van der Waals surface area contributed by atoms with Gasteiger partial charge in [-0.15, -0.1) is 24.0 Å². The molecule has 132 valence electrons. The van der Waals surface area contributed by atoms with E-state index >= 15 is 0 Å². The van der Waals surface area contributed by atoms with E-state index in [0.717, 1.165) is 38.1 Å². The van der Waals surface area contributed by atoms with E-state index in [9.17, 15) is 4.79 Å². The molecule has 0 aromatic heterocycles. The fourth-order valence-corrected chi connectivity index (χ4v) is 3.81. The Bertz CT molecular complexity index is 461. The third-order valence-corrected chi connectivity index (χ3v) is 5.63. The lowest BCUT2D eigenvalue weighted by Crippen LogP contribution is -2.41. The molecule has 1 aliphatic heterocycles. The fraction of sp³-hybridized carbons (Fsp3) is 0.882. The van der Waals surface area contributed by atoms with Crippen molar-refractivity contribution in [1.29, 1.82) is 0 Å². The lowest BCUT2D eigenvalue weighted by Gasteiger charge is -2.22. The summed E-state index contributed by atoms with van der Waals surface area (Å²) in [5.41, 5.74) is 0.522. The summed E-state index contributed by atoms with van der Waals surface area (Å²) >= 11 is 0. The Hall–Kier alpha value is -0.530. The Morgan fingerprint density at radius 1 is 1.35 bits per heavy atom. The lowest BCUT2D eigenvalue weighted by molar-refractivity contribution is -0.145. The number of aliphatic imine (C=N–C) groups is 1. The van der Waals surface area contributed by atoms with Crippen molar-refractivity contribution in [2.24, 2.45) is 28.2 Å². The number of hydrogen-bond donors (Lipinski definition) is 1. The first-order valence-electron chi connectivity index (χ1n) is 8.70. The van der Waals surface area contributed by atoms with Crippen LogP contribution in [-0.4, -0.2) is 50.1 Å². The van der Waals surface area contributed by atoms with Crippen molar-refractivity contribution in [2.75, 3.05) is 33.3 Å². The number of likely N-dealkylation sites (tertiary alicyclic amines) is 1. The van der Waals surface area contributed by atoms with E-state index in [4.69, 9.17) is 9.73 Å². The Labute approximate surface area is 156 Å². The number of nitrogens with one attached hydrogen (secondary N) is 1. The molecule has 2 unspecified atom stereocenters. The molecule has 0 bridgehead atoms. The topological polar surface area (TPSA) is 53.9 Å². The Morgan fingerprint density at radius 3 is 2.57 bits per heavy atom. The van der Waals surface area contributed by atoms with Crippen LogP contribution in [0.1, 0.15) is 39.5 Å². The first-order chi connectivity index (χ1) is 10.6. The first-order valence-corrected chi connectivity index (χ1v) is 8.70. The second kappa shape index (κ2) is 7.57. The van der Waals surface area contributed by atoms with Crippen molar-refractivity contribution in [3.8, 4) is 0 Å². The molecule has 1 N–H and O–H groups in total. The van der Waals surface area contributed by atoms with Crippen LogP contribution in [-0.2, 0) is 9.53 Å². The van der Waals surface area contributed by atoms with Crippen molar-refractivity contribution in [1.82, 2.24) is 10.2 Å². The van der Waals surface area contributed by atoms with Gasteiger partial charge in [0.2, 0.25) is 0 Å². The van der Waals surface area contributed by atoms with E-state index in [1.165, 1.54) is 32.8 Å². The smallest absolute Gasteiger partial charge is 0.310 e. The van der Waals surface area contributed by atoms with Gasteiger partial charge in [0.25, 0.3) is 0 Å². The molecule has 6 heteroatoms. The van der Waals surface area contributed by atoms with Crippen molar-refractivity contribution in [3.63, 3.8) is 0 Å². The summed E-state index contributed by atoms with van der Waals surface area (Å²) in [5, 5.41) is 3.41. The number of halogens is 1. The molecule has 0 spiro atoms. The van der Waals surface area contributed by atoms with E-state index < -0.39 is 0 Å². The standard InChI is InChI=1S/C17H29N3O2.HI/c1-4-18-16(19-11-17(7-8-17)13-5-6-13)20-9-12(2)14(10-20)15(21)22-3;/h12-14H,4-11H2,1-3H3,(H,18,19);1H. The number of guanidine groups is 1. The maximum atomic E-state index is 11.9. The zero-order chi connectivity index (χ0) is 15.7. The van der Waals surface area contributed by atoms with Crippen molar-refractivity contribution in [3.05, 3.63) is 0 Å². The van der Waals surface area contributed by atoms with Gasteiger partial charge in [-0.05, 0) is 49.9 Å². The van der Waals surface area contributed by atoms with Crippen LogP contribution >= 0.6 is 24.0 Å². The van der Waals surface area contributed by atoms with Gasteiger partial charge in [0.05, 0.1) is 13.0 Å². The summed E-state index contributed by atoms with van der Waals surface area (Å²) in [5.74, 6) is 2.09. The van der Waals surface area contributed by atoms with Crippen LogP contribution in [0, 0.1) is 23.2 Å². The highest BCUT2D eigenvalue weighted by Gasteiger charge is 2.53. The number of methoxy groups -OCH3 is 1. The molecule has 0 aromatic carbocycles. The average molecular weight is 435 g/mol. The van der Waals surface area contributed by atoms with Crippen LogP contribution in [0.4, 0.5) is 0 Å². The molecule has 5 nitrogen and oxygen atoms in total. The quantitative estimate of drug-likeness (QED) is 0.312. The van der Waals surface area contributed by atoms with E-state index in [0.29, 0.717) is 11.3 Å². The molecule has 0 radical (unpaired) electrons. The van der Waals surface area contributed by atoms with E-state index in [-0.39, 0.29) is 35.9 Å². The minimum Gasteiger partial charge on any atom is -0.469 e. The zero-order valence-electron chi connectivity index (χ0n) is 14.5. The molecular formula is C17H30IN3O2. The van der Waals surface area contributed by atoms with Crippen LogP contribution in [0.5, 0.6) is 0 Å². The molecule has 2 aliphatic carbocycles. The fourth-order valence-electron chi connectivity index (χ4n) is 3.81. The third-order valence-electron chi connectivity index (χ3n) is 5.63. The van der Waals surface area contributed by atoms with Crippen LogP contribution in [0.15, 0.2) is 4.99 Å². The van der Waals surface area contributed by atoms with Gasteiger partial charge in [-0.3, -0.25) is 9.79 Å². The van der Waals surface area contributed by atoms with Gasteiger partial charge in [-0.25, -0.2) is 0 Å². The first kappa shape index (κ1) is 18.8. The second-order valence-electron chi connectivity index (χ2n) is 7.32. The minimum absolute atomic E-state index is 0. The summed E-state index contributed by atoms with van der Waals surface area (Å²) < 4.78 is 4.93. The maximum Gasteiger partial charge on any atom is 0.310 e. The molecule has 3 aliphatic rings. The van der Waals surface area contributed by atoms with Gasteiger partial charge in [-0.2, -0.15) is 0 Å². The van der Waals surface area contributed by atoms with E-state index in [1.807, 2.05) is 0 Å². The maximum absolute atomic E-state index is 11.9. The summed E-state index contributed by atoms with van der Waals surface area (Å²) in [4.78, 5) is 19.0. The van der Waals surface area contributed by atoms with Crippen molar-refractivity contribution >= 4 is 35.9 Å². The van der Waals surface area contributed by atoms with Crippen LogP contribution in [0.3, 0.4) is 0 Å². The summed E-state index contributed by atoms with van der Waals surface area (Å²) in [7, 11) is 1.48. The largest absolute Gasteiger partial charge is 0.469 e. The lowest BCUT2D eigenvalue weighted by atomic mass is 9.99. The number of nitrogens with zero attached hydrogens (tertiary/aromatic N) is 2. The predicted molar refractivity (Wildman–Crippen MR) is 102 cm³/mol. The number of hydrogen-bond acceptors (Lipinski definition) is 3. The monoisotopic (exact) mass is 435 g/mol. The highest BCUT2D eigenvalue weighted by Crippen LogP contribution is 2.61. The third kappa shape index (κ3) is 4.12. The number of rotatable bonds is 5. The molecule has 2 saturated carbocycles. The number of carbonyl (C=O) groups excluding carboxylic acids is 1. The normalized spacial score (nSPS) is 29.0. The van der Waals surface area contributed by atoms with Crippen LogP contribution < -0.4 is 5.32 Å². The molecule has 0 aromatic rings. The van der Waals surface area contributed by atoms with Crippen molar-refractivity contribution in [2.45, 2.75) is 39.5 Å². The molecule has 1 heterocycles. The van der Waals surface area contributed by atoms with E-state index in [2.05, 4.69) is 24.1 Å². The zero-order valence-corrected chi connectivity index (χ0v) is 16.8. The Balaban J connectivity index is 0.00000192. The summed E-state index contributed by atoms with van der Waals surface area (Å²) in [6, 6.07) is 0. The predicted octanol–water partition coefficient (Wildman–Crippen LogP) is 2.50. The van der Waals surface area contributed by atoms with Gasteiger partial charge < -0.3 is 15.0 Å². The Kier molecular flexibility index (Phi) is 6.19. The highest BCUT2D eigenvalue weighted by atomic mass is 127. The van der Waals surface area contributed by atoms with Gasteiger partial charge in [0.15, 0.2) is 5.96 Å². The molecule has 3 fully saturated rings. The molecule has 0 amide bonds. The van der Waals surface area contributed by atoms with Crippen LogP contribution in [0.2, 0.25) is 0 Å². The number of esters is 1. The van der Waals surface area contributed by atoms with Crippen LogP contribution in [0.25, 0.3) is 0 Å².